The molecule has 4 N–H and O–H groups in total. The molecule has 3 aliphatic heterocycles. The number of hydrogen-bond donors (Lipinski definition) is 3. The van der Waals surface area contributed by atoms with E-state index >= 15 is 0 Å². The number of fused-ring (bicyclic) bond motifs is 3. The van der Waals surface area contributed by atoms with Gasteiger partial charge in [0.2, 0.25) is 5.91 Å². The third-order valence-corrected chi connectivity index (χ3v) is 6.90. The number of aromatic nitrogens is 3. The van der Waals surface area contributed by atoms with Crippen molar-refractivity contribution in [1.82, 2.24) is 20.3 Å². The summed E-state index contributed by atoms with van der Waals surface area (Å²) < 4.78 is 15.0. The molecule has 2 bridgehead atoms. The van der Waals surface area contributed by atoms with E-state index in [0.717, 1.165) is 49.3 Å². The number of benzene rings is 2. The van der Waals surface area contributed by atoms with Gasteiger partial charge in [0.15, 0.2) is 0 Å². The van der Waals surface area contributed by atoms with Crippen molar-refractivity contribution in [2.75, 3.05) is 18.8 Å². The summed E-state index contributed by atoms with van der Waals surface area (Å²) in [5.74, 6) is 0.274. The molecule has 4 atom stereocenters. The number of carbonyl (C=O) groups excluding carboxylic acids is 1. The second kappa shape index (κ2) is 8.70. The zero-order valence-electron chi connectivity index (χ0n) is 17.9. The van der Waals surface area contributed by atoms with Gasteiger partial charge in [-0.3, -0.25) is 4.79 Å². The lowest BCUT2D eigenvalue weighted by atomic mass is 9.75. The van der Waals surface area contributed by atoms with Crippen molar-refractivity contribution in [3.63, 3.8) is 0 Å². The second-order valence-electron chi connectivity index (χ2n) is 9.00. The van der Waals surface area contributed by atoms with Crippen LogP contribution in [-0.4, -0.2) is 40.0 Å². The van der Waals surface area contributed by atoms with Crippen LogP contribution in [-0.2, 0) is 17.9 Å². The number of quaternary nitrogens is 1. The molecular weight excluding hydrogens is 407 g/mol. The van der Waals surface area contributed by atoms with Gasteiger partial charge in [0, 0.05) is 30.6 Å². The lowest BCUT2D eigenvalue weighted by Crippen LogP contribution is -3.20. The van der Waals surface area contributed by atoms with Crippen LogP contribution in [0.2, 0.25) is 0 Å². The number of hydrogen-bond acceptors (Lipinski definition) is 4. The Labute approximate surface area is 186 Å². The Morgan fingerprint density at radius 1 is 1.25 bits per heavy atom. The average molecular weight is 436 g/mol. The number of amides is 1. The molecule has 1 aromatic heterocycles. The van der Waals surface area contributed by atoms with E-state index in [1.54, 1.807) is 12.1 Å². The van der Waals surface area contributed by atoms with Crippen LogP contribution >= 0.6 is 0 Å². The van der Waals surface area contributed by atoms with Gasteiger partial charge in [0.05, 0.1) is 31.7 Å². The molecular formula is C24H28FN6O+. The first kappa shape index (κ1) is 20.6. The maximum Gasteiger partial charge on any atom is 0.229 e. The molecule has 1 amide bonds. The fraction of sp³-hybridized carbons (Fsp3) is 0.375. The summed E-state index contributed by atoms with van der Waals surface area (Å²) >= 11 is 0. The van der Waals surface area contributed by atoms with Crippen molar-refractivity contribution in [3.8, 4) is 11.3 Å². The molecule has 4 heterocycles. The van der Waals surface area contributed by atoms with Crippen molar-refractivity contribution < 1.29 is 14.1 Å². The Morgan fingerprint density at radius 2 is 2.09 bits per heavy atom. The summed E-state index contributed by atoms with van der Waals surface area (Å²) in [6, 6.07) is 14.4. The van der Waals surface area contributed by atoms with Gasteiger partial charge in [0.1, 0.15) is 17.6 Å². The first-order chi connectivity index (χ1) is 15.5. The van der Waals surface area contributed by atoms with Gasteiger partial charge in [-0.1, -0.05) is 29.5 Å². The van der Waals surface area contributed by atoms with Gasteiger partial charge in [-0.25, -0.2) is 9.07 Å². The summed E-state index contributed by atoms with van der Waals surface area (Å²) in [7, 11) is 0. The van der Waals surface area contributed by atoms with E-state index in [4.69, 9.17) is 5.73 Å². The highest BCUT2D eigenvalue weighted by molar-refractivity contribution is 5.79. The molecule has 3 fully saturated rings. The van der Waals surface area contributed by atoms with Gasteiger partial charge in [-0.2, -0.15) is 0 Å². The number of rotatable bonds is 6. The van der Waals surface area contributed by atoms with Crippen molar-refractivity contribution in [1.29, 1.82) is 0 Å². The van der Waals surface area contributed by atoms with E-state index < -0.39 is 0 Å². The highest BCUT2D eigenvalue weighted by atomic mass is 19.1. The maximum atomic E-state index is 13.1. The average Bonchev–Trinajstić information content (AvgIpc) is 3.27. The third-order valence-electron chi connectivity index (χ3n) is 6.90. The number of nitrogens with zero attached hydrogens (tertiary/aromatic N) is 3. The van der Waals surface area contributed by atoms with E-state index in [1.807, 2.05) is 35.1 Å². The molecule has 8 heteroatoms. The van der Waals surface area contributed by atoms with E-state index in [1.165, 1.54) is 17.0 Å². The Kier molecular flexibility index (Phi) is 5.61. The largest absolute Gasteiger partial charge is 0.399 e. The molecule has 7 nitrogen and oxygen atoms in total. The number of anilines is 1. The number of nitrogen functional groups attached to an aromatic ring is 1. The fourth-order valence-corrected chi connectivity index (χ4v) is 5.18. The molecule has 0 spiro atoms. The molecule has 0 radical (unpaired) electrons. The van der Waals surface area contributed by atoms with E-state index in [0.29, 0.717) is 24.2 Å². The molecule has 2 aromatic carbocycles. The van der Waals surface area contributed by atoms with Gasteiger partial charge in [-0.05, 0) is 35.7 Å². The summed E-state index contributed by atoms with van der Waals surface area (Å²) in [6.45, 7) is 3.17. The first-order valence-corrected chi connectivity index (χ1v) is 11.2. The van der Waals surface area contributed by atoms with E-state index in [9.17, 15) is 9.18 Å². The van der Waals surface area contributed by atoms with Crippen LogP contribution < -0.4 is 16.0 Å². The predicted octanol–water partition coefficient (Wildman–Crippen LogP) is 1.28. The monoisotopic (exact) mass is 435 g/mol. The molecule has 0 saturated carbocycles. The number of nitrogens with one attached hydrogen (secondary N) is 2. The van der Waals surface area contributed by atoms with Crippen LogP contribution in [0, 0.1) is 17.7 Å². The minimum Gasteiger partial charge on any atom is -0.399 e. The SMILES string of the molecule is Nc1cccc(-c2cn(C[C@H]3C[C@H]4CC[NH+]3C[C@@H]4C(=O)NCc3ccc(F)cc3)nn2)c1. The maximum absolute atomic E-state index is 13.1. The summed E-state index contributed by atoms with van der Waals surface area (Å²) in [6.07, 6.45) is 4.06. The topological polar surface area (TPSA) is 90.3 Å². The Bertz CT molecular complexity index is 1100. The van der Waals surface area contributed by atoms with Crippen LogP contribution in [0.15, 0.2) is 54.7 Å². The quantitative estimate of drug-likeness (QED) is 0.509. The third kappa shape index (κ3) is 4.36. The molecule has 32 heavy (non-hydrogen) atoms. The summed E-state index contributed by atoms with van der Waals surface area (Å²) in [5, 5.41) is 11.7. The smallest absolute Gasteiger partial charge is 0.229 e. The number of halogens is 1. The van der Waals surface area contributed by atoms with Crippen LogP contribution in [0.4, 0.5) is 10.1 Å². The molecule has 1 unspecified atom stereocenters. The van der Waals surface area contributed by atoms with Crippen LogP contribution in [0.25, 0.3) is 11.3 Å². The lowest BCUT2D eigenvalue weighted by Gasteiger charge is -2.46. The predicted molar refractivity (Wildman–Crippen MR) is 119 cm³/mol. The normalized spacial score (nSPS) is 24.4. The molecule has 6 rings (SSSR count). The Balaban J connectivity index is 1.18. The molecule has 3 aromatic rings. The fourth-order valence-electron chi connectivity index (χ4n) is 5.18. The number of piperidine rings is 3. The lowest BCUT2D eigenvalue weighted by molar-refractivity contribution is -0.945. The Morgan fingerprint density at radius 3 is 2.84 bits per heavy atom. The summed E-state index contributed by atoms with van der Waals surface area (Å²) in [5.41, 5.74) is 9.29. The second-order valence-corrected chi connectivity index (χ2v) is 9.00. The van der Waals surface area contributed by atoms with Crippen LogP contribution in [0.3, 0.4) is 0 Å². The van der Waals surface area contributed by atoms with Crippen molar-refractivity contribution >= 4 is 11.6 Å². The van der Waals surface area contributed by atoms with Crippen molar-refractivity contribution in [2.24, 2.45) is 11.8 Å². The van der Waals surface area contributed by atoms with Gasteiger partial charge in [0.25, 0.3) is 0 Å². The van der Waals surface area contributed by atoms with Gasteiger partial charge in [-0.15, -0.1) is 5.10 Å². The van der Waals surface area contributed by atoms with E-state index in [-0.39, 0.29) is 17.6 Å². The minimum absolute atomic E-state index is 0.0362. The number of nitrogens with two attached hydrogens (primary N) is 1. The highest BCUT2D eigenvalue weighted by Gasteiger charge is 2.46. The Hall–Kier alpha value is -3.26. The molecule has 3 saturated heterocycles. The van der Waals surface area contributed by atoms with Gasteiger partial charge < -0.3 is 16.0 Å². The van der Waals surface area contributed by atoms with E-state index in [2.05, 4.69) is 15.6 Å². The first-order valence-electron chi connectivity index (χ1n) is 11.2. The van der Waals surface area contributed by atoms with Crippen molar-refractivity contribution in [3.05, 3.63) is 66.1 Å². The zero-order valence-corrected chi connectivity index (χ0v) is 17.9. The van der Waals surface area contributed by atoms with Crippen molar-refractivity contribution in [2.45, 2.75) is 32.0 Å². The minimum atomic E-state index is -0.264. The molecule has 3 aliphatic rings. The van der Waals surface area contributed by atoms with Crippen LogP contribution in [0.5, 0.6) is 0 Å². The molecule has 166 valence electrons. The highest BCUT2D eigenvalue weighted by Crippen LogP contribution is 2.28. The number of carbonyl (C=O) groups is 1. The zero-order chi connectivity index (χ0) is 22.1. The standard InChI is InChI=1S/C24H27FN6O/c25-19-6-4-16(5-7-19)12-27-24(32)22-14-30-9-8-17(22)11-21(30)13-31-15-23(28-29-31)18-2-1-3-20(26)10-18/h1-7,10,15,17,21-22H,8-9,11-14,26H2,(H,27,32)/p+1/t17-,21-,22+/m1/s1. The summed E-state index contributed by atoms with van der Waals surface area (Å²) in [4.78, 5) is 14.3. The van der Waals surface area contributed by atoms with Gasteiger partial charge >= 0.3 is 0 Å². The van der Waals surface area contributed by atoms with Crippen LogP contribution in [0.1, 0.15) is 18.4 Å². The molecule has 0 aliphatic carbocycles.